The molecule has 0 radical (unpaired) electrons. The van der Waals surface area contributed by atoms with E-state index >= 15 is 0 Å². The molecule has 0 unspecified atom stereocenters. The van der Waals surface area contributed by atoms with Gasteiger partial charge in [0, 0.05) is 5.92 Å². The highest BCUT2D eigenvalue weighted by Crippen LogP contribution is 2.62. The van der Waals surface area contributed by atoms with Gasteiger partial charge in [-0.1, -0.05) is 19.9 Å². The Morgan fingerprint density at radius 2 is 1.92 bits per heavy atom. The maximum Gasteiger partial charge on any atom is 0.122 e. The summed E-state index contributed by atoms with van der Waals surface area (Å²) in [7, 11) is 1.73. The molecule has 3 heteroatoms. The van der Waals surface area contributed by atoms with Crippen molar-refractivity contribution in [1.82, 2.24) is 0 Å². The summed E-state index contributed by atoms with van der Waals surface area (Å²) in [5, 5.41) is 21.5. The molecule has 0 saturated heterocycles. The molecule has 0 aliphatic heterocycles. The highest BCUT2D eigenvalue weighted by atomic mass is 16.5. The van der Waals surface area contributed by atoms with E-state index in [-0.39, 0.29) is 17.3 Å². The van der Waals surface area contributed by atoms with Crippen LogP contribution in [0.2, 0.25) is 0 Å². The zero-order valence-corrected chi connectivity index (χ0v) is 15.9. The number of aliphatic hydroxyl groups excluding tert-OH is 1. The normalized spacial score (nSPS) is 36.0. The average Bonchev–Trinajstić information content (AvgIpc) is 2.70. The first-order valence-corrected chi connectivity index (χ1v) is 9.18. The van der Waals surface area contributed by atoms with Gasteiger partial charge in [0.15, 0.2) is 0 Å². The quantitative estimate of drug-likeness (QED) is 0.855. The Labute approximate surface area is 146 Å². The third-order valence-electron chi connectivity index (χ3n) is 6.75. The summed E-state index contributed by atoms with van der Waals surface area (Å²) < 4.78 is 5.54. The highest BCUT2D eigenvalue weighted by molar-refractivity contribution is 5.47. The van der Waals surface area contributed by atoms with Crippen LogP contribution in [0, 0.1) is 18.3 Å². The first-order valence-electron chi connectivity index (χ1n) is 9.18. The Hall–Kier alpha value is -1.06. The monoisotopic (exact) mass is 332 g/mol. The van der Waals surface area contributed by atoms with Crippen molar-refractivity contribution in [3.8, 4) is 5.75 Å². The summed E-state index contributed by atoms with van der Waals surface area (Å²) in [5.74, 6) is 1.60. The van der Waals surface area contributed by atoms with Crippen molar-refractivity contribution in [1.29, 1.82) is 0 Å². The Kier molecular flexibility index (Phi) is 4.25. The molecule has 0 aromatic heterocycles. The van der Waals surface area contributed by atoms with Crippen LogP contribution in [0.15, 0.2) is 12.1 Å². The van der Waals surface area contributed by atoms with Crippen LogP contribution in [0.4, 0.5) is 0 Å². The molecule has 2 N–H and O–H groups in total. The number of rotatable bonds is 2. The van der Waals surface area contributed by atoms with E-state index in [4.69, 9.17) is 4.74 Å². The van der Waals surface area contributed by atoms with Gasteiger partial charge in [-0.05, 0) is 80.0 Å². The van der Waals surface area contributed by atoms with E-state index in [0.717, 1.165) is 30.6 Å². The van der Waals surface area contributed by atoms with Gasteiger partial charge in [0.05, 0.1) is 18.8 Å². The number of benzene rings is 1. The fourth-order valence-electron chi connectivity index (χ4n) is 5.75. The summed E-state index contributed by atoms with van der Waals surface area (Å²) in [4.78, 5) is 0. The Balaban J connectivity index is 2.16. The van der Waals surface area contributed by atoms with Crippen molar-refractivity contribution in [2.45, 2.75) is 77.4 Å². The standard InChI is InChI=1S/C21H32O3/c1-12-7-8-21(5)16(11-17(22)19(21)20(3,4)23)15-9-13(2)18(24-6)10-14(12)15/h9-10,12,16-17,19,22-23H,7-8,11H2,1-6H3/t12-,16+,17-,19+,21-/m0/s1. The number of aliphatic hydroxyl groups is 2. The summed E-state index contributed by atoms with van der Waals surface area (Å²) in [6.07, 6.45) is 2.38. The minimum Gasteiger partial charge on any atom is -0.496 e. The van der Waals surface area contributed by atoms with E-state index in [1.165, 1.54) is 11.1 Å². The van der Waals surface area contributed by atoms with Gasteiger partial charge in [0.1, 0.15) is 5.75 Å². The number of hydrogen-bond donors (Lipinski definition) is 2. The molecule has 5 atom stereocenters. The number of aryl methyl sites for hydroxylation is 1. The maximum atomic E-state index is 10.8. The lowest BCUT2D eigenvalue weighted by Gasteiger charge is -2.43. The van der Waals surface area contributed by atoms with E-state index in [1.807, 2.05) is 13.8 Å². The van der Waals surface area contributed by atoms with E-state index in [1.54, 1.807) is 7.11 Å². The van der Waals surface area contributed by atoms with Gasteiger partial charge in [0.25, 0.3) is 0 Å². The average molecular weight is 332 g/mol. The van der Waals surface area contributed by atoms with Crippen molar-refractivity contribution in [3.05, 3.63) is 28.8 Å². The molecule has 0 amide bonds. The minimum absolute atomic E-state index is 0.0851. The Morgan fingerprint density at radius 1 is 1.25 bits per heavy atom. The van der Waals surface area contributed by atoms with Gasteiger partial charge in [-0.3, -0.25) is 0 Å². The lowest BCUT2D eigenvalue weighted by molar-refractivity contribution is -0.0786. The second kappa shape index (κ2) is 5.74. The van der Waals surface area contributed by atoms with Crippen molar-refractivity contribution in [2.24, 2.45) is 11.3 Å². The van der Waals surface area contributed by atoms with Crippen LogP contribution in [0.25, 0.3) is 0 Å². The number of methoxy groups -OCH3 is 1. The molecule has 1 fully saturated rings. The van der Waals surface area contributed by atoms with Gasteiger partial charge in [0.2, 0.25) is 0 Å². The molecule has 2 aliphatic carbocycles. The highest BCUT2D eigenvalue weighted by Gasteiger charge is 2.57. The second-order valence-corrected chi connectivity index (χ2v) is 8.88. The van der Waals surface area contributed by atoms with Gasteiger partial charge in [-0.2, -0.15) is 0 Å². The first-order chi connectivity index (χ1) is 11.1. The largest absolute Gasteiger partial charge is 0.496 e. The molecular formula is C21H32O3. The molecule has 24 heavy (non-hydrogen) atoms. The molecule has 0 bridgehead atoms. The fourth-order valence-corrected chi connectivity index (χ4v) is 5.75. The van der Waals surface area contributed by atoms with Crippen molar-refractivity contribution in [2.75, 3.05) is 7.11 Å². The van der Waals surface area contributed by atoms with Crippen LogP contribution in [-0.4, -0.2) is 29.0 Å². The van der Waals surface area contributed by atoms with E-state index in [0.29, 0.717) is 5.92 Å². The summed E-state index contributed by atoms with van der Waals surface area (Å²) >= 11 is 0. The van der Waals surface area contributed by atoms with E-state index in [9.17, 15) is 10.2 Å². The third-order valence-corrected chi connectivity index (χ3v) is 6.75. The number of ether oxygens (including phenoxy) is 1. The van der Waals surface area contributed by atoms with Crippen LogP contribution in [0.5, 0.6) is 5.75 Å². The van der Waals surface area contributed by atoms with Crippen LogP contribution in [-0.2, 0) is 0 Å². The van der Waals surface area contributed by atoms with Gasteiger partial charge in [-0.25, -0.2) is 0 Å². The van der Waals surface area contributed by atoms with Crippen LogP contribution in [0.3, 0.4) is 0 Å². The van der Waals surface area contributed by atoms with Crippen molar-refractivity contribution >= 4 is 0 Å². The summed E-state index contributed by atoms with van der Waals surface area (Å²) in [6.45, 7) is 10.3. The second-order valence-electron chi connectivity index (χ2n) is 8.88. The SMILES string of the molecule is COc1cc2c(cc1C)[C@H]1C[C@H](O)[C@H](C(C)(C)O)[C@@]1(C)CC[C@@H]2C. The maximum absolute atomic E-state index is 10.8. The Morgan fingerprint density at radius 3 is 2.50 bits per heavy atom. The molecule has 1 aromatic rings. The van der Waals surface area contributed by atoms with Crippen LogP contribution < -0.4 is 4.74 Å². The van der Waals surface area contributed by atoms with Gasteiger partial charge in [-0.15, -0.1) is 0 Å². The number of hydrogen-bond acceptors (Lipinski definition) is 3. The van der Waals surface area contributed by atoms with Gasteiger partial charge < -0.3 is 14.9 Å². The first kappa shape index (κ1) is 17.8. The number of fused-ring (bicyclic) bond motifs is 3. The lowest BCUT2D eigenvalue weighted by atomic mass is 9.64. The molecule has 1 aromatic carbocycles. The summed E-state index contributed by atoms with van der Waals surface area (Å²) in [5.41, 5.74) is 2.89. The molecule has 3 rings (SSSR count). The topological polar surface area (TPSA) is 49.7 Å². The fraction of sp³-hybridized carbons (Fsp3) is 0.714. The third kappa shape index (κ3) is 2.57. The molecule has 3 nitrogen and oxygen atoms in total. The molecular weight excluding hydrogens is 300 g/mol. The molecule has 134 valence electrons. The van der Waals surface area contributed by atoms with Crippen molar-refractivity contribution < 1.29 is 14.9 Å². The van der Waals surface area contributed by atoms with E-state index < -0.39 is 11.7 Å². The van der Waals surface area contributed by atoms with Crippen LogP contribution in [0.1, 0.15) is 75.5 Å². The lowest BCUT2D eigenvalue weighted by Crippen LogP contribution is -2.45. The molecule has 1 saturated carbocycles. The Bertz CT molecular complexity index is 631. The smallest absolute Gasteiger partial charge is 0.122 e. The van der Waals surface area contributed by atoms with Crippen LogP contribution >= 0.6 is 0 Å². The zero-order chi connectivity index (χ0) is 17.9. The zero-order valence-electron chi connectivity index (χ0n) is 15.9. The molecule has 2 aliphatic rings. The van der Waals surface area contributed by atoms with Crippen molar-refractivity contribution in [3.63, 3.8) is 0 Å². The predicted molar refractivity (Wildman–Crippen MR) is 96.6 cm³/mol. The van der Waals surface area contributed by atoms with Gasteiger partial charge >= 0.3 is 0 Å². The minimum atomic E-state index is -0.877. The predicted octanol–water partition coefficient (Wildman–Crippen LogP) is 4.14. The van der Waals surface area contributed by atoms with E-state index in [2.05, 4.69) is 32.9 Å². The summed E-state index contributed by atoms with van der Waals surface area (Å²) in [6, 6.07) is 4.46. The molecule has 0 heterocycles. The molecule has 0 spiro atoms.